The first kappa shape index (κ1) is 15.5. The van der Waals surface area contributed by atoms with Gasteiger partial charge in [-0.15, -0.1) is 0 Å². The number of rotatable bonds is 3. The predicted molar refractivity (Wildman–Crippen MR) is 86.4 cm³/mol. The number of fused-ring (bicyclic) bond motifs is 1. The molecule has 1 unspecified atom stereocenters. The molecule has 1 fully saturated rings. The molecular formula is C18H26N2O2. The SMILES string of the molecule is CC(O)C(=O)N1Cc2cc(C(C)C)cc([C@@H]3CCCN3)c2C1. The highest BCUT2D eigenvalue weighted by Gasteiger charge is 2.31. The molecular weight excluding hydrogens is 276 g/mol. The van der Waals surface area contributed by atoms with Gasteiger partial charge in [0.05, 0.1) is 0 Å². The highest BCUT2D eigenvalue weighted by Crippen LogP contribution is 2.36. The lowest BCUT2D eigenvalue weighted by Gasteiger charge is -2.19. The van der Waals surface area contributed by atoms with Gasteiger partial charge in [0.1, 0.15) is 6.10 Å². The van der Waals surface area contributed by atoms with E-state index in [4.69, 9.17) is 0 Å². The van der Waals surface area contributed by atoms with Crippen molar-refractivity contribution in [3.63, 3.8) is 0 Å². The maximum atomic E-state index is 12.1. The van der Waals surface area contributed by atoms with Crippen molar-refractivity contribution < 1.29 is 9.90 Å². The molecule has 0 aliphatic carbocycles. The van der Waals surface area contributed by atoms with Crippen LogP contribution in [-0.2, 0) is 17.9 Å². The van der Waals surface area contributed by atoms with Crippen LogP contribution >= 0.6 is 0 Å². The minimum Gasteiger partial charge on any atom is -0.384 e. The monoisotopic (exact) mass is 302 g/mol. The fourth-order valence-electron chi connectivity index (χ4n) is 3.58. The third kappa shape index (κ3) is 2.77. The molecule has 3 rings (SSSR count). The summed E-state index contributed by atoms with van der Waals surface area (Å²) in [6.45, 7) is 8.29. The third-order valence-corrected chi connectivity index (χ3v) is 4.88. The van der Waals surface area contributed by atoms with E-state index in [1.807, 2.05) is 0 Å². The van der Waals surface area contributed by atoms with Gasteiger partial charge in [-0.1, -0.05) is 26.0 Å². The van der Waals surface area contributed by atoms with Crippen LogP contribution in [0.5, 0.6) is 0 Å². The van der Waals surface area contributed by atoms with Crippen molar-refractivity contribution in [2.45, 2.75) is 64.8 Å². The molecule has 2 heterocycles. The van der Waals surface area contributed by atoms with Crippen LogP contribution in [0.1, 0.15) is 67.8 Å². The maximum Gasteiger partial charge on any atom is 0.251 e. The van der Waals surface area contributed by atoms with Gasteiger partial charge < -0.3 is 15.3 Å². The van der Waals surface area contributed by atoms with Crippen LogP contribution < -0.4 is 5.32 Å². The molecule has 0 saturated carbocycles. The highest BCUT2D eigenvalue weighted by atomic mass is 16.3. The van der Waals surface area contributed by atoms with Gasteiger partial charge >= 0.3 is 0 Å². The molecule has 0 spiro atoms. The van der Waals surface area contributed by atoms with Crippen LogP contribution in [0.25, 0.3) is 0 Å². The number of benzene rings is 1. The van der Waals surface area contributed by atoms with Gasteiger partial charge in [-0.25, -0.2) is 0 Å². The normalized spacial score (nSPS) is 22.2. The number of hydrogen-bond donors (Lipinski definition) is 2. The quantitative estimate of drug-likeness (QED) is 0.902. The van der Waals surface area contributed by atoms with E-state index in [0.29, 0.717) is 25.0 Å². The zero-order chi connectivity index (χ0) is 15.9. The summed E-state index contributed by atoms with van der Waals surface area (Å²) in [7, 11) is 0. The molecule has 1 saturated heterocycles. The molecule has 4 heteroatoms. The lowest BCUT2D eigenvalue weighted by Crippen LogP contribution is -2.33. The Morgan fingerprint density at radius 2 is 2.09 bits per heavy atom. The van der Waals surface area contributed by atoms with E-state index in [2.05, 4.69) is 31.3 Å². The Balaban J connectivity index is 1.97. The molecule has 0 aromatic heterocycles. The van der Waals surface area contributed by atoms with E-state index in [0.717, 1.165) is 6.54 Å². The summed E-state index contributed by atoms with van der Waals surface area (Å²) in [5.41, 5.74) is 5.25. The molecule has 4 nitrogen and oxygen atoms in total. The van der Waals surface area contributed by atoms with Gasteiger partial charge in [-0.3, -0.25) is 4.79 Å². The molecule has 2 aliphatic heterocycles. The number of hydrogen-bond acceptors (Lipinski definition) is 3. The largest absolute Gasteiger partial charge is 0.384 e. The Morgan fingerprint density at radius 1 is 1.32 bits per heavy atom. The predicted octanol–water partition coefficient (Wildman–Crippen LogP) is 2.46. The van der Waals surface area contributed by atoms with E-state index >= 15 is 0 Å². The smallest absolute Gasteiger partial charge is 0.251 e. The Bertz CT molecular complexity index is 575. The first-order chi connectivity index (χ1) is 10.5. The van der Waals surface area contributed by atoms with E-state index in [9.17, 15) is 9.90 Å². The second-order valence-electron chi connectivity index (χ2n) is 6.92. The van der Waals surface area contributed by atoms with Gasteiger partial charge in [-0.05, 0) is 54.5 Å². The zero-order valence-electron chi connectivity index (χ0n) is 13.7. The van der Waals surface area contributed by atoms with Crippen LogP contribution in [0.2, 0.25) is 0 Å². The van der Waals surface area contributed by atoms with Crippen LogP contribution in [0.15, 0.2) is 12.1 Å². The van der Waals surface area contributed by atoms with E-state index in [-0.39, 0.29) is 5.91 Å². The molecule has 1 amide bonds. The van der Waals surface area contributed by atoms with Gasteiger partial charge in [0, 0.05) is 19.1 Å². The summed E-state index contributed by atoms with van der Waals surface area (Å²) in [6.07, 6.45) is 1.45. The lowest BCUT2D eigenvalue weighted by atomic mass is 9.90. The fourth-order valence-corrected chi connectivity index (χ4v) is 3.58. The van der Waals surface area contributed by atoms with Gasteiger partial charge in [-0.2, -0.15) is 0 Å². The second-order valence-corrected chi connectivity index (χ2v) is 6.92. The topological polar surface area (TPSA) is 52.6 Å². The first-order valence-corrected chi connectivity index (χ1v) is 8.33. The zero-order valence-corrected chi connectivity index (χ0v) is 13.7. The summed E-state index contributed by atoms with van der Waals surface area (Å²) >= 11 is 0. The van der Waals surface area contributed by atoms with Crippen LogP contribution in [0.4, 0.5) is 0 Å². The van der Waals surface area contributed by atoms with Crippen LogP contribution in [0.3, 0.4) is 0 Å². The van der Waals surface area contributed by atoms with E-state index < -0.39 is 6.10 Å². The molecule has 2 N–H and O–H groups in total. The number of aliphatic hydroxyl groups excluding tert-OH is 1. The molecule has 1 aromatic carbocycles. The summed E-state index contributed by atoms with van der Waals surface area (Å²) in [6, 6.07) is 4.98. The lowest BCUT2D eigenvalue weighted by molar-refractivity contribution is -0.139. The minimum absolute atomic E-state index is 0.173. The number of amides is 1. The van der Waals surface area contributed by atoms with Crippen molar-refractivity contribution in [1.82, 2.24) is 10.2 Å². The molecule has 2 aliphatic rings. The second kappa shape index (κ2) is 6.01. The highest BCUT2D eigenvalue weighted by molar-refractivity contribution is 5.81. The fraction of sp³-hybridized carbons (Fsp3) is 0.611. The average Bonchev–Trinajstić information content (AvgIpc) is 3.14. The summed E-state index contributed by atoms with van der Waals surface area (Å²) in [5, 5.41) is 13.2. The maximum absolute atomic E-state index is 12.1. The van der Waals surface area contributed by atoms with Crippen molar-refractivity contribution in [2.24, 2.45) is 0 Å². The number of nitrogens with one attached hydrogen (secondary N) is 1. The Hall–Kier alpha value is -1.39. The van der Waals surface area contributed by atoms with Crippen LogP contribution in [-0.4, -0.2) is 28.6 Å². The van der Waals surface area contributed by atoms with Crippen molar-refractivity contribution in [1.29, 1.82) is 0 Å². The Kier molecular flexibility index (Phi) is 4.24. The van der Waals surface area contributed by atoms with Crippen LogP contribution in [0, 0.1) is 0 Å². The molecule has 2 atom stereocenters. The summed E-state index contributed by atoms with van der Waals surface area (Å²) in [4.78, 5) is 13.9. The molecule has 0 bridgehead atoms. The molecule has 120 valence electrons. The summed E-state index contributed by atoms with van der Waals surface area (Å²) < 4.78 is 0. The Labute approximate surface area is 132 Å². The number of carbonyl (C=O) groups is 1. The van der Waals surface area contributed by atoms with E-state index in [1.54, 1.807) is 11.8 Å². The molecule has 1 aromatic rings. The van der Waals surface area contributed by atoms with Gasteiger partial charge in [0.25, 0.3) is 5.91 Å². The van der Waals surface area contributed by atoms with Crippen molar-refractivity contribution in [3.05, 3.63) is 34.4 Å². The summed E-state index contributed by atoms with van der Waals surface area (Å²) in [5.74, 6) is 0.305. The molecule has 0 radical (unpaired) electrons. The number of nitrogens with zero attached hydrogens (tertiary/aromatic N) is 1. The van der Waals surface area contributed by atoms with Gasteiger partial charge in [0.15, 0.2) is 0 Å². The van der Waals surface area contributed by atoms with E-state index in [1.165, 1.54) is 35.1 Å². The number of carbonyl (C=O) groups excluding carboxylic acids is 1. The van der Waals surface area contributed by atoms with Gasteiger partial charge in [0.2, 0.25) is 0 Å². The van der Waals surface area contributed by atoms with Crippen molar-refractivity contribution in [3.8, 4) is 0 Å². The minimum atomic E-state index is -0.924. The number of aliphatic hydroxyl groups is 1. The Morgan fingerprint density at radius 3 is 2.68 bits per heavy atom. The standard InChI is InChI=1S/C18H26N2O2/c1-11(2)13-7-14-9-20(18(22)12(3)21)10-16(14)15(8-13)17-5-4-6-19-17/h7-8,11-12,17,19,21H,4-6,9-10H2,1-3H3/t12?,17-/m0/s1. The van der Waals surface area contributed by atoms with Crippen molar-refractivity contribution >= 4 is 5.91 Å². The average molecular weight is 302 g/mol. The third-order valence-electron chi connectivity index (χ3n) is 4.88. The molecule has 22 heavy (non-hydrogen) atoms. The van der Waals surface area contributed by atoms with Crippen molar-refractivity contribution in [2.75, 3.05) is 6.54 Å². The first-order valence-electron chi connectivity index (χ1n) is 8.33.